The third kappa shape index (κ3) is 12.3. The number of halogens is 1. The van der Waals surface area contributed by atoms with Crippen molar-refractivity contribution in [2.45, 2.75) is 95.6 Å². The Morgan fingerprint density at radius 1 is 0.729 bits per heavy atom. The van der Waals surface area contributed by atoms with E-state index in [2.05, 4.69) is 6.07 Å². The van der Waals surface area contributed by atoms with Gasteiger partial charge in [0.1, 0.15) is 17.3 Å². The van der Waals surface area contributed by atoms with Gasteiger partial charge in [-0.15, -0.1) is 0 Å². The van der Waals surface area contributed by atoms with Gasteiger partial charge in [0.2, 0.25) is 0 Å². The van der Waals surface area contributed by atoms with Crippen molar-refractivity contribution in [3.8, 4) is 22.6 Å². The Morgan fingerprint density at radius 3 is 2.08 bits per heavy atom. The molecule has 0 saturated heterocycles. The van der Waals surface area contributed by atoms with E-state index >= 15 is 0 Å². The molecule has 10 heteroatoms. The quantitative estimate of drug-likeness (QED) is 0.0820. The van der Waals surface area contributed by atoms with Gasteiger partial charge in [0, 0.05) is 12.8 Å². The third-order valence-electron chi connectivity index (χ3n) is 7.82. The fourth-order valence-corrected chi connectivity index (χ4v) is 6.33. The monoisotopic (exact) mass is 684 g/mol. The highest BCUT2D eigenvalue weighted by Gasteiger charge is 2.21. The zero-order valence-electron chi connectivity index (χ0n) is 28.6. The van der Waals surface area contributed by atoms with Crippen LogP contribution in [0.2, 0.25) is 0 Å². The molecule has 8 nitrogen and oxygen atoms in total. The van der Waals surface area contributed by atoms with Gasteiger partial charge in [-0.25, -0.2) is 12.8 Å². The highest BCUT2D eigenvalue weighted by Crippen LogP contribution is 2.31. The number of hydrogen-bond acceptors (Lipinski definition) is 8. The van der Waals surface area contributed by atoms with Gasteiger partial charge < -0.3 is 18.9 Å². The number of hydrogen-bond donors (Lipinski definition) is 0. The minimum absolute atomic E-state index is 0.179. The lowest BCUT2D eigenvalue weighted by atomic mass is 9.96. The van der Waals surface area contributed by atoms with Gasteiger partial charge in [0.15, 0.2) is 9.84 Å². The van der Waals surface area contributed by atoms with Crippen molar-refractivity contribution < 1.29 is 41.3 Å². The van der Waals surface area contributed by atoms with Crippen LogP contribution >= 0.6 is 0 Å². The molecule has 0 unspecified atom stereocenters. The molecule has 0 amide bonds. The molecule has 48 heavy (non-hydrogen) atoms. The second kappa shape index (κ2) is 19.8. The lowest BCUT2D eigenvalue weighted by Crippen LogP contribution is -2.14. The normalized spacial score (nSPS) is 11.4. The number of unbranched alkanes of at least 4 members (excludes halogenated alkanes) is 3. The zero-order valence-corrected chi connectivity index (χ0v) is 29.4. The van der Waals surface area contributed by atoms with Gasteiger partial charge in [0.05, 0.1) is 36.6 Å². The maximum absolute atomic E-state index is 13.5. The molecule has 0 aromatic heterocycles. The average molecular weight is 685 g/mol. The van der Waals surface area contributed by atoms with Crippen LogP contribution in [0.15, 0.2) is 65.6 Å². The van der Waals surface area contributed by atoms with Gasteiger partial charge in [-0.1, -0.05) is 37.1 Å². The van der Waals surface area contributed by atoms with E-state index < -0.39 is 15.1 Å². The van der Waals surface area contributed by atoms with E-state index in [4.69, 9.17) is 18.9 Å². The molecule has 0 atom stereocenters. The first-order chi connectivity index (χ1) is 23.0. The zero-order chi connectivity index (χ0) is 34.9. The van der Waals surface area contributed by atoms with Crippen LogP contribution in [-0.4, -0.2) is 52.0 Å². The summed E-state index contributed by atoms with van der Waals surface area (Å²) in [5.41, 5.74) is 3.46. The standard InChI is InChI=1S/C38H49FO8S/c1-5-44-37(40)16-12-24-47-36-15-11-14-30(35(36)21-22-38(41)45-6-2)13-9-7-8-10-23-46-33-25-31(29-17-19-32(39)20-18-29)26-34(27-33)48(42,43)28(3)4/h11,14-15,17-20,25-28H,5-10,12-13,16,21-24H2,1-4H3. The first-order valence-corrected chi connectivity index (χ1v) is 18.4. The number of rotatable bonds is 21. The largest absolute Gasteiger partial charge is 0.494 e. The smallest absolute Gasteiger partial charge is 0.306 e. The van der Waals surface area contributed by atoms with Crippen LogP contribution in [0.3, 0.4) is 0 Å². The Morgan fingerprint density at radius 2 is 1.40 bits per heavy atom. The van der Waals surface area contributed by atoms with Gasteiger partial charge in [-0.2, -0.15) is 0 Å². The van der Waals surface area contributed by atoms with E-state index in [0.717, 1.165) is 49.0 Å². The minimum Gasteiger partial charge on any atom is -0.494 e. The summed E-state index contributed by atoms with van der Waals surface area (Å²) in [7, 11) is -3.55. The molecule has 0 radical (unpaired) electrons. The molecule has 0 aliphatic rings. The molecule has 3 aromatic carbocycles. The van der Waals surface area contributed by atoms with Gasteiger partial charge >= 0.3 is 11.9 Å². The second-order valence-electron chi connectivity index (χ2n) is 11.8. The molecule has 0 aliphatic heterocycles. The van der Waals surface area contributed by atoms with Crippen LogP contribution < -0.4 is 9.47 Å². The van der Waals surface area contributed by atoms with Crippen molar-refractivity contribution in [3.63, 3.8) is 0 Å². The van der Waals surface area contributed by atoms with Crippen LogP contribution in [0.25, 0.3) is 11.1 Å². The molecule has 262 valence electrons. The number of aryl methyl sites for hydroxylation is 1. The number of carbonyl (C=O) groups is 2. The Labute approximate surface area is 284 Å². The topological polar surface area (TPSA) is 105 Å². The highest BCUT2D eigenvalue weighted by molar-refractivity contribution is 7.92. The van der Waals surface area contributed by atoms with E-state index in [1.807, 2.05) is 12.1 Å². The lowest BCUT2D eigenvalue weighted by molar-refractivity contribution is -0.144. The van der Waals surface area contributed by atoms with E-state index in [1.54, 1.807) is 58.0 Å². The summed E-state index contributed by atoms with van der Waals surface area (Å²) >= 11 is 0. The van der Waals surface area contributed by atoms with Gasteiger partial charge in [-0.3, -0.25) is 9.59 Å². The van der Waals surface area contributed by atoms with Crippen LogP contribution in [0.4, 0.5) is 4.39 Å². The predicted octanol–water partition coefficient (Wildman–Crippen LogP) is 8.07. The summed E-state index contributed by atoms with van der Waals surface area (Å²) in [6.07, 6.45) is 5.97. The van der Waals surface area contributed by atoms with Crippen LogP contribution in [0.1, 0.15) is 83.8 Å². The van der Waals surface area contributed by atoms with Crippen LogP contribution in [0.5, 0.6) is 11.5 Å². The number of ether oxygens (including phenoxy) is 4. The summed E-state index contributed by atoms with van der Waals surface area (Å²) in [5.74, 6) is 0.317. The minimum atomic E-state index is -3.55. The molecular weight excluding hydrogens is 635 g/mol. The average Bonchev–Trinajstić information content (AvgIpc) is 3.06. The first kappa shape index (κ1) is 38.5. The maximum Gasteiger partial charge on any atom is 0.306 e. The molecule has 0 N–H and O–H groups in total. The third-order valence-corrected chi connectivity index (χ3v) is 9.95. The summed E-state index contributed by atoms with van der Waals surface area (Å²) < 4.78 is 61.7. The Balaban J connectivity index is 1.57. The first-order valence-electron chi connectivity index (χ1n) is 16.9. The highest BCUT2D eigenvalue weighted by atomic mass is 32.2. The van der Waals surface area contributed by atoms with E-state index in [-0.39, 0.29) is 35.5 Å². The lowest BCUT2D eigenvalue weighted by Gasteiger charge is -2.16. The molecule has 3 aromatic rings. The fourth-order valence-electron chi connectivity index (χ4n) is 5.22. The molecular formula is C38H49FO8S. The van der Waals surface area contributed by atoms with Crippen LogP contribution in [-0.2, 0) is 41.7 Å². The van der Waals surface area contributed by atoms with Crippen molar-refractivity contribution in [2.75, 3.05) is 26.4 Å². The van der Waals surface area contributed by atoms with Crippen molar-refractivity contribution in [3.05, 3.63) is 77.6 Å². The SMILES string of the molecule is CCOC(=O)CCCOc1cccc(CCCCCCOc2cc(-c3ccc(F)cc3)cc(S(=O)(=O)C(C)C)c2)c1CCC(=O)OCC. The van der Waals surface area contributed by atoms with Crippen molar-refractivity contribution in [1.82, 2.24) is 0 Å². The summed E-state index contributed by atoms with van der Waals surface area (Å²) in [6.45, 7) is 8.32. The van der Waals surface area contributed by atoms with Gasteiger partial charge in [-0.05, 0) is 118 Å². The fraction of sp³-hybridized carbons (Fsp3) is 0.474. The summed E-state index contributed by atoms with van der Waals surface area (Å²) in [6, 6.07) is 16.8. The van der Waals surface area contributed by atoms with Gasteiger partial charge in [0.25, 0.3) is 0 Å². The van der Waals surface area contributed by atoms with Crippen molar-refractivity contribution in [1.29, 1.82) is 0 Å². The molecule has 0 spiro atoms. The molecule has 0 fully saturated rings. The Hall–Kier alpha value is -3.92. The van der Waals surface area contributed by atoms with Crippen molar-refractivity contribution >= 4 is 21.8 Å². The molecule has 0 saturated carbocycles. The second-order valence-corrected chi connectivity index (χ2v) is 14.3. The molecule has 3 rings (SSSR count). The molecule has 0 bridgehead atoms. The Bertz CT molecular complexity index is 1570. The van der Waals surface area contributed by atoms with E-state index in [1.165, 1.54) is 12.1 Å². The molecule has 0 heterocycles. The predicted molar refractivity (Wildman–Crippen MR) is 185 cm³/mol. The summed E-state index contributed by atoms with van der Waals surface area (Å²) in [5, 5.41) is -0.594. The number of esters is 2. The van der Waals surface area contributed by atoms with Crippen molar-refractivity contribution in [2.24, 2.45) is 0 Å². The number of benzene rings is 3. The molecule has 0 aliphatic carbocycles. The summed E-state index contributed by atoms with van der Waals surface area (Å²) in [4.78, 5) is 24.0. The Kier molecular flexibility index (Phi) is 15.9. The van der Waals surface area contributed by atoms with Crippen LogP contribution in [0, 0.1) is 5.82 Å². The van der Waals surface area contributed by atoms with E-state index in [0.29, 0.717) is 56.1 Å². The number of carbonyl (C=O) groups excluding carboxylic acids is 2. The maximum atomic E-state index is 13.5. The number of sulfone groups is 1. The van der Waals surface area contributed by atoms with E-state index in [9.17, 15) is 22.4 Å².